The lowest BCUT2D eigenvalue weighted by Gasteiger charge is -2.04. The van der Waals surface area contributed by atoms with Crippen molar-refractivity contribution in [1.29, 1.82) is 0 Å². The van der Waals surface area contributed by atoms with Crippen molar-refractivity contribution in [2.45, 2.75) is 12.5 Å². The highest BCUT2D eigenvalue weighted by Crippen LogP contribution is 2.29. The molecule has 0 aliphatic carbocycles. The maximum absolute atomic E-state index is 4.92. The zero-order chi connectivity index (χ0) is 14.1. The predicted octanol–water partition coefficient (Wildman–Crippen LogP) is 3.67. The first kappa shape index (κ1) is 12.7. The molecule has 0 amide bonds. The fourth-order valence-electron chi connectivity index (χ4n) is 2.70. The summed E-state index contributed by atoms with van der Waals surface area (Å²) < 4.78 is 0. The molecule has 0 saturated heterocycles. The molecule has 0 saturated carbocycles. The first-order valence-corrected chi connectivity index (χ1v) is 8.05. The number of aromatic amines is 1. The smallest absolute Gasteiger partial charge is 0.100 e. The lowest BCUT2D eigenvalue weighted by atomic mass is 10.1. The van der Waals surface area contributed by atoms with Crippen molar-refractivity contribution in [2.24, 2.45) is 4.99 Å². The van der Waals surface area contributed by atoms with Gasteiger partial charge in [-0.15, -0.1) is 11.8 Å². The second-order valence-corrected chi connectivity index (χ2v) is 6.22. The third-order valence-electron chi connectivity index (χ3n) is 3.74. The summed E-state index contributed by atoms with van der Waals surface area (Å²) in [6.45, 7) is 0. The van der Waals surface area contributed by atoms with Gasteiger partial charge in [-0.2, -0.15) is 0 Å². The molecule has 3 heterocycles. The summed E-state index contributed by atoms with van der Waals surface area (Å²) in [7, 11) is 0. The molecule has 0 radical (unpaired) electrons. The van der Waals surface area contributed by atoms with Gasteiger partial charge >= 0.3 is 0 Å². The highest BCUT2D eigenvalue weighted by atomic mass is 32.2. The molecule has 0 bridgehead atoms. The van der Waals surface area contributed by atoms with Gasteiger partial charge in [0.15, 0.2) is 0 Å². The van der Waals surface area contributed by atoms with Crippen molar-refractivity contribution >= 4 is 27.7 Å². The molecule has 2 aromatic heterocycles. The van der Waals surface area contributed by atoms with Crippen molar-refractivity contribution in [3.63, 3.8) is 0 Å². The maximum Gasteiger partial charge on any atom is 0.100 e. The lowest BCUT2D eigenvalue weighted by molar-refractivity contribution is 0.763. The fraction of sp³-hybridized carbons (Fsp3) is 0.176. The first-order chi connectivity index (χ1) is 10.4. The van der Waals surface area contributed by atoms with Crippen molar-refractivity contribution < 1.29 is 0 Å². The SMILES string of the molecule is c1ccc(CC2CSC(c3c[nH]c4cnccc34)=N2)cc1. The first-order valence-electron chi connectivity index (χ1n) is 7.06. The van der Waals surface area contributed by atoms with E-state index in [-0.39, 0.29) is 0 Å². The van der Waals surface area contributed by atoms with Gasteiger partial charge in [-0.25, -0.2) is 0 Å². The molecule has 1 aliphatic heterocycles. The van der Waals surface area contributed by atoms with Gasteiger partial charge in [0.2, 0.25) is 0 Å². The highest BCUT2D eigenvalue weighted by Gasteiger charge is 2.21. The Labute approximate surface area is 127 Å². The number of pyridine rings is 1. The van der Waals surface area contributed by atoms with Crippen LogP contribution in [-0.2, 0) is 6.42 Å². The van der Waals surface area contributed by atoms with Crippen molar-refractivity contribution in [3.05, 3.63) is 66.1 Å². The molecule has 1 aromatic carbocycles. The van der Waals surface area contributed by atoms with Crippen LogP contribution in [0.2, 0.25) is 0 Å². The number of H-pyrrole nitrogens is 1. The molecule has 21 heavy (non-hydrogen) atoms. The number of hydrogen-bond donors (Lipinski definition) is 1. The largest absolute Gasteiger partial charge is 0.359 e. The Balaban J connectivity index is 1.60. The topological polar surface area (TPSA) is 41.0 Å². The molecule has 0 spiro atoms. The molecule has 104 valence electrons. The minimum absolute atomic E-state index is 0.374. The number of hydrogen-bond acceptors (Lipinski definition) is 3. The second-order valence-electron chi connectivity index (χ2n) is 5.21. The number of thioether (sulfide) groups is 1. The molecule has 0 fully saturated rings. The third kappa shape index (κ3) is 2.47. The van der Waals surface area contributed by atoms with Gasteiger partial charge in [0.1, 0.15) is 5.04 Å². The van der Waals surface area contributed by atoms with Gasteiger partial charge in [-0.1, -0.05) is 30.3 Å². The molecule has 3 nitrogen and oxygen atoms in total. The van der Waals surface area contributed by atoms with Gasteiger partial charge in [-0.3, -0.25) is 9.98 Å². The van der Waals surface area contributed by atoms with E-state index in [2.05, 4.69) is 46.4 Å². The zero-order valence-electron chi connectivity index (χ0n) is 11.5. The average molecular weight is 293 g/mol. The Hall–Kier alpha value is -2.07. The number of nitrogens with one attached hydrogen (secondary N) is 1. The van der Waals surface area contributed by atoms with Crippen LogP contribution >= 0.6 is 11.8 Å². The molecule has 4 heteroatoms. The van der Waals surface area contributed by atoms with E-state index in [4.69, 9.17) is 4.99 Å². The Morgan fingerprint density at radius 3 is 3.00 bits per heavy atom. The van der Waals surface area contributed by atoms with E-state index < -0.39 is 0 Å². The summed E-state index contributed by atoms with van der Waals surface area (Å²) in [5, 5.41) is 2.35. The van der Waals surface area contributed by atoms with Crippen LogP contribution in [0.5, 0.6) is 0 Å². The average Bonchev–Trinajstić information content (AvgIpc) is 3.14. The van der Waals surface area contributed by atoms with E-state index in [9.17, 15) is 0 Å². The van der Waals surface area contributed by atoms with Crippen molar-refractivity contribution in [2.75, 3.05) is 5.75 Å². The minimum Gasteiger partial charge on any atom is -0.359 e. The van der Waals surface area contributed by atoms with E-state index in [1.165, 1.54) is 16.5 Å². The van der Waals surface area contributed by atoms with Crippen LogP contribution in [0.3, 0.4) is 0 Å². The quantitative estimate of drug-likeness (QED) is 0.800. The number of aliphatic imine (C=N–C) groups is 1. The van der Waals surface area contributed by atoms with E-state index in [1.807, 2.05) is 30.4 Å². The van der Waals surface area contributed by atoms with Crippen LogP contribution in [0.25, 0.3) is 10.9 Å². The molecule has 1 atom stereocenters. The summed E-state index contributed by atoms with van der Waals surface area (Å²) >= 11 is 1.85. The normalized spacial score (nSPS) is 18.1. The van der Waals surface area contributed by atoms with Crippen LogP contribution in [0, 0.1) is 0 Å². The summed E-state index contributed by atoms with van der Waals surface area (Å²) in [5.74, 6) is 1.06. The molecule has 1 aliphatic rings. The van der Waals surface area contributed by atoms with Crippen LogP contribution in [0.4, 0.5) is 0 Å². The van der Waals surface area contributed by atoms with Gasteiger partial charge in [0.25, 0.3) is 0 Å². The van der Waals surface area contributed by atoms with Crippen molar-refractivity contribution in [1.82, 2.24) is 9.97 Å². The van der Waals surface area contributed by atoms with Gasteiger partial charge in [-0.05, 0) is 18.1 Å². The molecule has 3 aromatic rings. The second kappa shape index (κ2) is 5.37. The van der Waals surface area contributed by atoms with Crippen LogP contribution in [-0.4, -0.2) is 26.8 Å². The van der Waals surface area contributed by atoms with Crippen LogP contribution in [0.1, 0.15) is 11.1 Å². The lowest BCUT2D eigenvalue weighted by Crippen LogP contribution is -2.07. The maximum atomic E-state index is 4.92. The fourth-order valence-corrected chi connectivity index (χ4v) is 3.79. The van der Waals surface area contributed by atoms with Gasteiger partial charge < -0.3 is 4.98 Å². The monoisotopic (exact) mass is 293 g/mol. The number of rotatable bonds is 3. The van der Waals surface area contributed by atoms with Crippen LogP contribution in [0.15, 0.2) is 60.0 Å². The van der Waals surface area contributed by atoms with Gasteiger partial charge in [0, 0.05) is 29.1 Å². The summed E-state index contributed by atoms with van der Waals surface area (Å²) in [5.41, 5.74) is 3.63. The predicted molar refractivity (Wildman–Crippen MR) is 89.0 cm³/mol. The number of benzene rings is 1. The third-order valence-corrected chi connectivity index (χ3v) is 4.89. The Morgan fingerprint density at radius 2 is 2.10 bits per heavy atom. The molecule has 1 unspecified atom stereocenters. The Kier molecular flexibility index (Phi) is 3.24. The highest BCUT2D eigenvalue weighted by molar-refractivity contribution is 8.14. The standard InChI is InChI=1S/C17H15N3S/c1-2-4-12(5-3-1)8-13-11-21-17(20-13)15-9-19-16-10-18-7-6-14(15)16/h1-7,9-10,13,19H,8,11H2. The summed E-state index contributed by atoms with van der Waals surface area (Å²) in [6.07, 6.45) is 6.76. The molecule has 4 rings (SSSR count). The summed E-state index contributed by atoms with van der Waals surface area (Å²) in [4.78, 5) is 12.3. The molecular formula is C17H15N3S. The Bertz CT molecular complexity index is 792. The van der Waals surface area contributed by atoms with Crippen LogP contribution < -0.4 is 0 Å². The summed E-state index contributed by atoms with van der Waals surface area (Å²) in [6, 6.07) is 13.0. The van der Waals surface area contributed by atoms with Crippen molar-refractivity contribution in [3.8, 4) is 0 Å². The number of fused-ring (bicyclic) bond motifs is 1. The minimum atomic E-state index is 0.374. The number of aromatic nitrogens is 2. The van der Waals surface area contributed by atoms with E-state index >= 15 is 0 Å². The van der Waals surface area contributed by atoms with E-state index in [1.54, 1.807) is 0 Å². The van der Waals surface area contributed by atoms with E-state index in [0.29, 0.717) is 6.04 Å². The zero-order valence-corrected chi connectivity index (χ0v) is 12.3. The number of nitrogens with zero attached hydrogens (tertiary/aromatic N) is 2. The van der Waals surface area contributed by atoms with E-state index in [0.717, 1.165) is 22.7 Å². The Morgan fingerprint density at radius 1 is 1.19 bits per heavy atom. The van der Waals surface area contributed by atoms with Gasteiger partial charge in [0.05, 0.1) is 17.8 Å². The molecular weight excluding hydrogens is 278 g/mol. The molecule has 1 N–H and O–H groups in total.